The van der Waals surface area contributed by atoms with Gasteiger partial charge in [0.15, 0.2) is 4.80 Å². The van der Waals surface area contributed by atoms with Crippen molar-refractivity contribution in [3.63, 3.8) is 0 Å². The van der Waals surface area contributed by atoms with E-state index in [0.717, 1.165) is 43.5 Å². The predicted molar refractivity (Wildman–Crippen MR) is 128 cm³/mol. The Bertz CT molecular complexity index is 1360. The fraction of sp³-hybridized carbons (Fsp3) is 0.0769. The van der Waals surface area contributed by atoms with Crippen LogP contribution in [0.25, 0.3) is 11.6 Å². The minimum absolute atomic E-state index is 0.216. The van der Waals surface area contributed by atoms with Gasteiger partial charge in [-0.3, -0.25) is 9.56 Å². The van der Waals surface area contributed by atoms with Gasteiger partial charge in [0.25, 0.3) is 0 Å². The number of aliphatic imine (C=N–C) groups is 1. The Morgan fingerprint density at radius 2 is 1.61 bits per heavy atom. The van der Waals surface area contributed by atoms with Crippen molar-refractivity contribution in [2.75, 3.05) is 0 Å². The second-order valence-electron chi connectivity index (χ2n) is 7.36. The van der Waals surface area contributed by atoms with E-state index < -0.39 is 0 Å². The maximum absolute atomic E-state index is 11.2. The summed E-state index contributed by atoms with van der Waals surface area (Å²) in [5.74, 6) is 0.216. The molecule has 0 aliphatic carbocycles. The van der Waals surface area contributed by atoms with E-state index in [2.05, 4.69) is 23.2 Å². The molecule has 5 heteroatoms. The minimum Gasteiger partial charge on any atom is -0.493 e. The number of thiazole rings is 1. The molecule has 3 aromatic carbocycles. The molecule has 0 unspecified atom stereocenters. The van der Waals surface area contributed by atoms with Gasteiger partial charge in [0, 0.05) is 16.8 Å². The summed E-state index contributed by atoms with van der Waals surface area (Å²) < 4.78 is 1.87. The molecule has 4 aromatic rings. The van der Waals surface area contributed by atoms with Crippen molar-refractivity contribution in [1.82, 2.24) is 4.57 Å². The second-order valence-corrected chi connectivity index (χ2v) is 8.37. The molecule has 2 heterocycles. The Morgan fingerprint density at radius 1 is 0.935 bits per heavy atom. The normalized spacial score (nSPS) is 14.7. The Labute approximate surface area is 184 Å². The van der Waals surface area contributed by atoms with Crippen LogP contribution < -0.4 is 4.80 Å². The number of aromatic hydroxyl groups is 1. The summed E-state index contributed by atoms with van der Waals surface area (Å²) in [6, 6.07) is 28.0. The summed E-state index contributed by atoms with van der Waals surface area (Å²) >= 11 is 1.48. The Hall–Kier alpha value is -3.70. The van der Waals surface area contributed by atoms with E-state index in [1.165, 1.54) is 11.3 Å². The number of hydrogen-bond donors (Lipinski definition) is 1. The third kappa shape index (κ3) is 3.88. The molecule has 1 aliphatic heterocycles. The topological polar surface area (TPSA) is 49.9 Å². The van der Waals surface area contributed by atoms with Crippen LogP contribution in [0.3, 0.4) is 0 Å². The largest absolute Gasteiger partial charge is 0.493 e. The van der Waals surface area contributed by atoms with E-state index in [0.29, 0.717) is 6.54 Å². The van der Waals surface area contributed by atoms with Gasteiger partial charge in [-0.25, -0.2) is 4.99 Å². The fourth-order valence-corrected chi connectivity index (χ4v) is 4.66. The number of aromatic nitrogens is 1. The van der Waals surface area contributed by atoms with Crippen molar-refractivity contribution < 1.29 is 5.11 Å². The first-order valence-electron chi connectivity index (χ1n) is 10.1. The van der Waals surface area contributed by atoms with Gasteiger partial charge in [-0.15, -0.1) is 0 Å². The van der Waals surface area contributed by atoms with Gasteiger partial charge in [-0.05, 0) is 36.8 Å². The summed E-state index contributed by atoms with van der Waals surface area (Å²) in [6.07, 6.45) is 2.02. The molecule has 0 bridgehead atoms. The maximum Gasteiger partial charge on any atom is 0.211 e. The van der Waals surface area contributed by atoms with Crippen LogP contribution in [0.5, 0.6) is 5.88 Å². The average Bonchev–Trinajstić information content (AvgIpc) is 3.26. The van der Waals surface area contributed by atoms with E-state index >= 15 is 0 Å². The highest BCUT2D eigenvalue weighted by Gasteiger charge is 2.19. The monoisotopic (exact) mass is 423 g/mol. The molecule has 5 rings (SSSR count). The zero-order valence-corrected chi connectivity index (χ0v) is 17.9. The number of hydrogen-bond acceptors (Lipinski definition) is 4. The molecule has 1 N–H and O–H groups in total. The fourth-order valence-electron chi connectivity index (χ4n) is 3.67. The number of para-hydroxylation sites is 2. The third-order valence-corrected chi connectivity index (χ3v) is 6.23. The number of allylic oxidation sites excluding steroid dienone is 1. The number of benzene rings is 3. The number of nitrogens with zero attached hydrogens (tertiary/aromatic N) is 3. The standard InChI is InChI=1S/C26H21N3OS/c1-18-22(21-14-8-9-15-23(21)27-18)16-24-25(30)29(17-19-10-4-2-5-11-19)26(31-24)28-20-12-6-3-7-13-20/h2-16,30H,17H2,1H3. The van der Waals surface area contributed by atoms with Crippen LogP contribution in [-0.2, 0) is 6.54 Å². The smallest absolute Gasteiger partial charge is 0.211 e. The molecule has 31 heavy (non-hydrogen) atoms. The summed E-state index contributed by atoms with van der Waals surface area (Å²) in [7, 11) is 0. The molecular formula is C26H21N3OS. The lowest BCUT2D eigenvalue weighted by Crippen LogP contribution is -2.14. The molecule has 1 aromatic heterocycles. The maximum atomic E-state index is 11.2. The lowest BCUT2D eigenvalue weighted by Gasteiger charge is -2.06. The molecule has 4 nitrogen and oxygen atoms in total. The van der Waals surface area contributed by atoms with E-state index in [4.69, 9.17) is 4.99 Å². The second kappa shape index (κ2) is 8.20. The third-order valence-electron chi connectivity index (χ3n) is 5.22. The summed E-state index contributed by atoms with van der Waals surface area (Å²) in [4.78, 5) is 11.0. The Balaban J connectivity index is 1.65. The molecule has 0 radical (unpaired) electrons. The van der Waals surface area contributed by atoms with E-state index in [9.17, 15) is 5.11 Å². The molecular weight excluding hydrogens is 402 g/mol. The highest BCUT2D eigenvalue weighted by atomic mass is 32.1. The zero-order valence-electron chi connectivity index (χ0n) is 17.1. The first kappa shape index (κ1) is 19.3. The van der Waals surface area contributed by atoms with Crippen LogP contribution in [0, 0.1) is 0 Å². The summed E-state index contributed by atoms with van der Waals surface area (Å²) in [5, 5.41) is 11.2. The highest BCUT2D eigenvalue weighted by molar-refractivity contribution is 7.10. The van der Waals surface area contributed by atoms with E-state index in [1.54, 1.807) is 0 Å². The molecule has 0 atom stereocenters. The van der Waals surface area contributed by atoms with Gasteiger partial charge >= 0.3 is 0 Å². The molecule has 0 saturated heterocycles. The molecule has 0 spiro atoms. The van der Waals surface area contributed by atoms with Gasteiger partial charge in [-0.1, -0.05) is 78.1 Å². The molecule has 0 amide bonds. The Kier molecular flexibility index (Phi) is 5.10. The van der Waals surface area contributed by atoms with E-state index in [-0.39, 0.29) is 5.88 Å². The van der Waals surface area contributed by atoms with Gasteiger partial charge < -0.3 is 5.11 Å². The van der Waals surface area contributed by atoms with Crippen LogP contribution >= 0.6 is 11.3 Å². The van der Waals surface area contributed by atoms with Gasteiger partial charge in [0.05, 0.1) is 22.8 Å². The molecule has 0 saturated carbocycles. The van der Waals surface area contributed by atoms with Crippen molar-refractivity contribution in [3.8, 4) is 5.88 Å². The van der Waals surface area contributed by atoms with Crippen LogP contribution in [0.4, 0.5) is 11.4 Å². The summed E-state index contributed by atoms with van der Waals surface area (Å²) in [5.41, 5.74) is 6.00. The van der Waals surface area contributed by atoms with Crippen LogP contribution in [0.1, 0.15) is 22.9 Å². The van der Waals surface area contributed by atoms with Gasteiger partial charge in [0.2, 0.25) is 5.88 Å². The lowest BCUT2D eigenvalue weighted by atomic mass is 10.0. The first-order valence-corrected chi connectivity index (χ1v) is 10.9. The lowest BCUT2D eigenvalue weighted by molar-refractivity contribution is 0.419. The van der Waals surface area contributed by atoms with Gasteiger partial charge in [0.1, 0.15) is 0 Å². The van der Waals surface area contributed by atoms with Crippen LogP contribution in [0.15, 0.2) is 94.9 Å². The SMILES string of the molecule is CC1=Nc2ccccc2C1=Cc1sc(=Nc2ccccc2)n(Cc2ccccc2)c1O. The highest BCUT2D eigenvalue weighted by Crippen LogP contribution is 2.37. The van der Waals surface area contributed by atoms with Crippen LogP contribution in [0.2, 0.25) is 0 Å². The average molecular weight is 424 g/mol. The van der Waals surface area contributed by atoms with Crippen molar-refractivity contribution in [3.05, 3.63) is 106 Å². The van der Waals surface area contributed by atoms with Crippen molar-refractivity contribution >= 4 is 40.1 Å². The number of rotatable bonds is 4. The van der Waals surface area contributed by atoms with Crippen LogP contribution in [-0.4, -0.2) is 15.4 Å². The molecule has 0 fully saturated rings. The quantitative estimate of drug-likeness (QED) is 0.418. The number of fused-ring (bicyclic) bond motifs is 1. The van der Waals surface area contributed by atoms with Crippen molar-refractivity contribution in [1.29, 1.82) is 0 Å². The van der Waals surface area contributed by atoms with E-state index in [1.807, 2.05) is 84.3 Å². The predicted octanol–water partition coefficient (Wildman–Crippen LogP) is 6.18. The molecule has 1 aliphatic rings. The first-order chi connectivity index (χ1) is 15.2. The van der Waals surface area contributed by atoms with Crippen molar-refractivity contribution in [2.45, 2.75) is 13.5 Å². The molecule has 152 valence electrons. The Morgan fingerprint density at radius 3 is 2.39 bits per heavy atom. The minimum atomic E-state index is 0.216. The summed E-state index contributed by atoms with van der Waals surface area (Å²) in [6.45, 7) is 2.55. The van der Waals surface area contributed by atoms with Gasteiger partial charge in [-0.2, -0.15) is 0 Å². The van der Waals surface area contributed by atoms with Crippen molar-refractivity contribution in [2.24, 2.45) is 9.98 Å². The zero-order chi connectivity index (χ0) is 21.2.